The Morgan fingerprint density at radius 1 is 1.19 bits per heavy atom. The van der Waals surface area contributed by atoms with Gasteiger partial charge in [0.05, 0.1) is 11.7 Å². The third-order valence-corrected chi connectivity index (χ3v) is 4.48. The van der Waals surface area contributed by atoms with Crippen molar-refractivity contribution in [3.8, 4) is 0 Å². The Labute approximate surface area is 124 Å². The zero-order chi connectivity index (χ0) is 14.4. The van der Waals surface area contributed by atoms with E-state index in [1.165, 1.54) is 27.6 Å². The molecule has 21 heavy (non-hydrogen) atoms. The highest BCUT2D eigenvalue weighted by atomic mass is 15.1. The first-order valence-electron chi connectivity index (χ1n) is 7.42. The van der Waals surface area contributed by atoms with Gasteiger partial charge in [-0.15, -0.1) is 0 Å². The van der Waals surface area contributed by atoms with Crippen LogP contribution in [0.1, 0.15) is 28.2 Å². The molecule has 4 rings (SSSR count). The first-order chi connectivity index (χ1) is 10.2. The van der Waals surface area contributed by atoms with Crippen LogP contribution in [0.2, 0.25) is 0 Å². The number of fused-ring (bicyclic) bond motifs is 2. The summed E-state index contributed by atoms with van der Waals surface area (Å²) in [5.41, 5.74) is 6.75. The normalized spacial score (nSPS) is 18.9. The van der Waals surface area contributed by atoms with Crippen LogP contribution in [0.5, 0.6) is 0 Å². The van der Waals surface area contributed by atoms with Crippen LogP contribution in [0, 0.1) is 6.92 Å². The van der Waals surface area contributed by atoms with Gasteiger partial charge in [-0.2, -0.15) is 5.10 Å². The first-order valence-corrected chi connectivity index (χ1v) is 7.42. The highest BCUT2D eigenvalue weighted by Crippen LogP contribution is 2.34. The van der Waals surface area contributed by atoms with Crippen molar-refractivity contribution < 1.29 is 0 Å². The third-order valence-electron chi connectivity index (χ3n) is 4.48. The first kappa shape index (κ1) is 12.6. The van der Waals surface area contributed by atoms with Crippen molar-refractivity contribution in [3.63, 3.8) is 0 Å². The maximum absolute atomic E-state index is 4.12. The van der Waals surface area contributed by atoms with E-state index in [0.717, 1.165) is 18.6 Å². The second-order valence-electron chi connectivity index (χ2n) is 6.17. The van der Waals surface area contributed by atoms with Gasteiger partial charge in [-0.25, -0.2) is 0 Å². The minimum Gasteiger partial charge on any atom is -0.301 e. The minimum atomic E-state index is 0.437. The van der Waals surface area contributed by atoms with Crippen LogP contribution in [0.3, 0.4) is 0 Å². The number of hydrogen-bond donors (Lipinski definition) is 1. The van der Waals surface area contributed by atoms with Crippen LogP contribution < -0.4 is 0 Å². The van der Waals surface area contributed by atoms with Crippen molar-refractivity contribution in [3.05, 3.63) is 64.8 Å². The monoisotopic (exact) mass is 277 g/mol. The molecule has 0 spiro atoms. The fourth-order valence-electron chi connectivity index (χ4n) is 3.43. The van der Waals surface area contributed by atoms with E-state index < -0.39 is 0 Å². The molecule has 3 heteroatoms. The van der Waals surface area contributed by atoms with Gasteiger partial charge in [-0.05, 0) is 36.7 Å². The Morgan fingerprint density at radius 2 is 2.10 bits per heavy atom. The number of aromatic amines is 1. The lowest BCUT2D eigenvalue weighted by atomic mass is 9.84. The van der Waals surface area contributed by atoms with E-state index in [9.17, 15) is 0 Å². The van der Waals surface area contributed by atoms with E-state index in [4.69, 9.17) is 0 Å². The minimum absolute atomic E-state index is 0.437. The smallest absolute Gasteiger partial charge is 0.0653 e. The summed E-state index contributed by atoms with van der Waals surface area (Å²) < 4.78 is 0. The topological polar surface area (TPSA) is 31.9 Å². The van der Waals surface area contributed by atoms with E-state index in [0.29, 0.717) is 5.92 Å². The highest BCUT2D eigenvalue weighted by Gasteiger charge is 2.24. The molecule has 2 aromatic carbocycles. The summed E-state index contributed by atoms with van der Waals surface area (Å²) >= 11 is 0. The Hall–Kier alpha value is -2.13. The predicted octanol–water partition coefficient (Wildman–Crippen LogP) is 3.45. The van der Waals surface area contributed by atoms with Crippen molar-refractivity contribution >= 4 is 10.9 Å². The molecular weight excluding hydrogens is 258 g/mol. The van der Waals surface area contributed by atoms with Gasteiger partial charge in [0.2, 0.25) is 0 Å². The molecule has 1 unspecified atom stereocenters. The van der Waals surface area contributed by atoms with Crippen LogP contribution in [0.15, 0.2) is 42.6 Å². The summed E-state index contributed by atoms with van der Waals surface area (Å²) in [6.07, 6.45) is 1.88. The molecule has 1 N–H and O–H groups in total. The van der Waals surface area contributed by atoms with Gasteiger partial charge in [0.1, 0.15) is 0 Å². The summed E-state index contributed by atoms with van der Waals surface area (Å²) in [5.74, 6) is 0.437. The van der Waals surface area contributed by atoms with Crippen molar-refractivity contribution in [2.75, 3.05) is 13.6 Å². The fraction of sp³-hybridized carbons (Fsp3) is 0.278. The maximum Gasteiger partial charge on any atom is 0.0653 e. The summed E-state index contributed by atoms with van der Waals surface area (Å²) in [4.78, 5) is 2.41. The van der Waals surface area contributed by atoms with Crippen LogP contribution in [0.25, 0.3) is 10.9 Å². The molecule has 1 aliphatic heterocycles. The summed E-state index contributed by atoms with van der Waals surface area (Å²) in [7, 11) is 2.20. The maximum atomic E-state index is 4.12. The van der Waals surface area contributed by atoms with Crippen LogP contribution in [0.4, 0.5) is 0 Å². The number of aromatic nitrogens is 2. The van der Waals surface area contributed by atoms with Crippen LogP contribution >= 0.6 is 0 Å². The summed E-state index contributed by atoms with van der Waals surface area (Å²) in [6, 6.07) is 13.5. The van der Waals surface area contributed by atoms with Gasteiger partial charge in [0.15, 0.2) is 0 Å². The number of H-pyrrole nitrogens is 1. The number of nitrogens with zero attached hydrogens (tertiary/aromatic N) is 2. The lowest BCUT2D eigenvalue weighted by Gasteiger charge is -2.33. The molecule has 106 valence electrons. The zero-order valence-corrected chi connectivity index (χ0v) is 12.4. The van der Waals surface area contributed by atoms with Crippen molar-refractivity contribution in [2.24, 2.45) is 0 Å². The van der Waals surface area contributed by atoms with Crippen LogP contribution in [-0.4, -0.2) is 28.7 Å². The van der Waals surface area contributed by atoms with E-state index >= 15 is 0 Å². The molecule has 2 heterocycles. The average molecular weight is 277 g/mol. The fourth-order valence-corrected chi connectivity index (χ4v) is 3.43. The van der Waals surface area contributed by atoms with Crippen molar-refractivity contribution in [1.82, 2.24) is 15.1 Å². The SMILES string of the molecule is Cc1ccc2c(c1)CN(C)CC2c1ccc2cn[nH]c2c1. The molecule has 0 amide bonds. The number of benzene rings is 2. The third kappa shape index (κ3) is 2.14. The molecule has 3 nitrogen and oxygen atoms in total. The molecule has 0 bridgehead atoms. The number of likely N-dealkylation sites (N-methyl/N-ethyl adjacent to an activating group) is 1. The molecular formula is C18H19N3. The molecule has 1 aliphatic rings. The van der Waals surface area contributed by atoms with E-state index in [1.807, 2.05) is 6.20 Å². The van der Waals surface area contributed by atoms with Gasteiger partial charge < -0.3 is 4.90 Å². The number of aryl methyl sites for hydroxylation is 1. The quantitative estimate of drug-likeness (QED) is 0.739. The van der Waals surface area contributed by atoms with E-state index in [2.05, 4.69) is 65.5 Å². The number of nitrogens with one attached hydrogen (secondary N) is 1. The lowest BCUT2D eigenvalue weighted by molar-refractivity contribution is 0.295. The Bertz CT molecular complexity index is 803. The van der Waals surface area contributed by atoms with Gasteiger partial charge in [0, 0.05) is 24.4 Å². The number of rotatable bonds is 1. The van der Waals surface area contributed by atoms with E-state index in [-0.39, 0.29) is 0 Å². The molecule has 0 fully saturated rings. The highest BCUT2D eigenvalue weighted by molar-refractivity contribution is 5.78. The molecule has 1 aromatic heterocycles. The van der Waals surface area contributed by atoms with Gasteiger partial charge >= 0.3 is 0 Å². The standard InChI is InChI=1S/C18H19N3/c1-12-3-6-16-15(7-12)10-21(2)11-17(16)13-4-5-14-9-19-20-18(14)8-13/h3-9,17H,10-11H2,1-2H3,(H,19,20). The average Bonchev–Trinajstić information content (AvgIpc) is 2.93. The predicted molar refractivity (Wildman–Crippen MR) is 85.4 cm³/mol. The summed E-state index contributed by atoms with van der Waals surface area (Å²) in [5, 5.41) is 8.38. The van der Waals surface area contributed by atoms with Crippen LogP contribution in [-0.2, 0) is 6.54 Å². The molecule has 0 radical (unpaired) electrons. The molecule has 0 saturated heterocycles. The van der Waals surface area contributed by atoms with Crippen molar-refractivity contribution in [2.45, 2.75) is 19.4 Å². The molecule has 1 atom stereocenters. The van der Waals surface area contributed by atoms with Gasteiger partial charge in [-0.3, -0.25) is 5.10 Å². The van der Waals surface area contributed by atoms with Gasteiger partial charge in [-0.1, -0.05) is 35.9 Å². The largest absolute Gasteiger partial charge is 0.301 e. The zero-order valence-electron chi connectivity index (χ0n) is 12.4. The second kappa shape index (κ2) is 4.71. The number of hydrogen-bond acceptors (Lipinski definition) is 2. The Morgan fingerprint density at radius 3 is 3.00 bits per heavy atom. The second-order valence-corrected chi connectivity index (χ2v) is 6.17. The van der Waals surface area contributed by atoms with Gasteiger partial charge in [0.25, 0.3) is 0 Å². The molecule has 0 aliphatic carbocycles. The molecule has 3 aromatic rings. The molecule has 0 saturated carbocycles. The lowest BCUT2D eigenvalue weighted by Crippen LogP contribution is -2.31. The van der Waals surface area contributed by atoms with E-state index in [1.54, 1.807) is 0 Å². The summed E-state index contributed by atoms with van der Waals surface area (Å²) in [6.45, 7) is 4.27. The Balaban J connectivity index is 1.84. The Kier molecular flexibility index (Phi) is 2.82. The van der Waals surface area contributed by atoms with Crippen molar-refractivity contribution in [1.29, 1.82) is 0 Å².